The van der Waals surface area contributed by atoms with Crippen LogP contribution in [-0.2, 0) is 11.2 Å². The first-order valence-corrected chi connectivity index (χ1v) is 9.27. The van der Waals surface area contributed by atoms with Crippen molar-refractivity contribution in [2.45, 2.75) is 32.2 Å². The van der Waals surface area contributed by atoms with Crippen molar-refractivity contribution in [3.05, 3.63) is 53.3 Å². The molecule has 2 N–H and O–H groups in total. The van der Waals surface area contributed by atoms with Crippen LogP contribution in [0.3, 0.4) is 0 Å². The van der Waals surface area contributed by atoms with Crippen molar-refractivity contribution in [1.82, 2.24) is 20.4 Å². The first kappa shape index (κ1) is 18.9. The number of hydrogen-bond acceptors (Lipinski definition) is 3. The number of fused-ring (bicyclic) bond motifs is 1. The highest BCUT2D eigenvalue weighted by molar-refractivity contribution is 5.85. The quantitative estimate of drug-likeness (QED) is 0.845. The Kier molecular flexibility index (Phi) is 5.99. The molecule has 3 heterocycles. The molecule has 4 rings (SSSR count). The summed E-state index contributed by atoms with van der Waals surface area (Å²) in [6.07, 6.45) is 6.14. The Morgan fingerprint density at radius 2 is 2.15 bits per heavy atom. The monoisotopic (exact) mass is 374 g/mol. The first-order valence-electron chi connectivity index (χ1n) is 9.27. The number of benzene rings is 1. The minimum atomic E-state index is 0. The lowest BCUT2D eigenvalue weighted by Crippen LogP contribution is -2.34. The van der Waals surface area contributed by atoms with E-state index < -0.39 is 0 Å². The van der Waals surface area contributed by atoms with Gasteiger partial charge < -0.3 is 10.2 Å². The number of likely N-dealkylation sites (tertiary alicyclic amines) is 1. The van der Waals surface area contributed by atoms with Crippen molar-refractivity contribution in [2.75, 3.05) is 19.6 Å². The third kappa shape index (κ3) is 3.64. The van der Waals surface area contributed by atoms with Crippen molar-refractivity contribution < 1.29 is 4.79 Å². The molecule has 1 aromatic heterocycles. The molecule has 0 unspecified atom stereocenters. The van der Waals surface area contributed by atoms with E-state index >= 15 is 0 Å². The summed E-state index contributed by atoms with van der Waals surface area (Å²) in [6.45, 7) is 5.10. The summed E-state index contributed by atoms with van der Waals surface area (Å²) < 4.78 is 0. The van der Waals surface area contributed by atoms with E-state index in [-0.39, 0.29) is 18.4 Å². The van der Waals surface area contributed by atoms with Crippen LogP contribution in [0.15, 0.2) is 36.7 Å². The summed E-state index contributed by atoms with van der Waals surface area (Å²) in [7, 11) is 0. The fourth-order valence-corrected chi connectivity index (χ4v) is 4.50. The third-order valence-corrected chi connectivity index (χ3v) is 5.80. The molecule has 26 heavy (non-hydrogen) atoms. The molecule has 2 aliphatic heterocycles. The van der Waals surface area contributed by atoms with E-state index in [1.54, 1.807) is 0 Å². The summed E-state index contributed by atoms with van der Waals surface area (Å²) in [5, 5.41) is 10.3. The fourth-order valence-electron chi connectivity index (χ4n) is 4.50. The average Bonchev–Trinajstić information content (AvgIpc) is 3.32. The summed E-state index contributed by atoms with van der Waals surface area (Å²) in [4.78, 5) is 15.1. The van der Waals surface area contributed by atoms with Gasteiger partial charge in [-0.25, -0.2) is 0 Å². The molecule has 0 spiro atoms. The predicted molar refractivity (Wildman–Crippen MR) is 104 cm³/mol. The lowest BCUT2D eigenvalue weighted by Gasteiger charge is -2.29. The van der Waals surface area contributed by atoms with E-state index in [1.165, 1.54) is 16.7 Å². The normalized spacial score (nSPS) is 24.3. The molecule has 2 aromatic rings. The van der Waals surface area contributed by atoms with E-state index in [2.05, 4.69) is 51.6 Å². The lowest BCUT2D eigenvalue weighted by molar-refractivity contribution is -0.132. The smallest absolute Gasteiger partial charge is 0.223 e. The molecule has 2 aliphatic rings. The predicted octanol–water partition coefficient (Wildman–Crippen LogP) is 2.88. The molecule has 6 heteroatoms. The maximum absolute atomic E-state index is 13.0. The second kappa shape index (κ2) is 8.23. The lowest BCUT2D eigenvalue weighted by atomic mass is 9.87. The van der Waals surface area contributed by atoms with Gasteiger partial charge in [-0.15, -0.1) is 12.4 Å². The molecule has 2 fully saturated rings. The topological polar surface area (TPSA) is 61.0 Å². The largest absolute Gasteiger partial charge is 0.335 e. The van der Waals surface area contributed by atoms with Gasteiger partial charge in [0.2, 0.25) is 5.91 Å². The maximum Gasteiger partial charge on any atom is 0.223 e. The molecule has 5 nitrogen and oxygen atoms in total. The average molecular weight is 375 g/mol. The molecule has 0 radical (unpaired) electrons. The van der Waals surface area contributed by atoms with Crippen molar-refractivity contribution in [1.29, 1.82) is 0 Å². The molecule has 140 valence electrons. The summed E-state index contributed by atoms with van der Waals surface area (Å²) in [5.74, 6) is 1.42. The van der Waals surface area contributed by atoms with Crippen LogP contribution in [-0.4, -0.2) is 40.6 Å². The minimum absolute atomic E-state index is 0. The van der Waals surface area contributed by atoms with E-state index in [0.717, 1.165) is 32.5 Å². The second-order valence-electron chi connectivity index (χ2n) is 7.39. The van der Waals surface area contributed by atoms with Gasteiger partial charge in [-0.2, -0.15) is 5.10 Å². The number of carbonyl (C=O) groups is 1. The summed E-state index contributed by atoms with van der Waals surface area (Å²) in [6, 6.07) is 8.76. The molecular weight excluding hydrogens is 348 g/mol. The molecule has 0 saturated carbocycles. The maximum atomic E-state index is 13.0. The highest BCUT2D eigenvalue weighted by Crippen LogP contribution is 2.43. The Morgan fingerprint density at radius 3 is 2.92 bits per heavy atom. The van der Waals surface area contributed by atoms with Crippen LogP contribution in [0.5, 0.6) is 0 Å². The van der Waals surface area contributed by atoms with Gasteiger partial charge >= 0.3 is 0 Å². The number of H-pyrrole nitrogens is 1. The molecule has 0 bridgehead atoms. The number of amides is 1. The van der Waals surface area contributed by atoms with E-state index in [4.69, 9.17) is 0 Å². The van der Waals surface area contributed by atoms with Crippen molar-refractivity contribution in [2.24, 2.45) is 11.8 Å². The van der Waals surface area contributed by atoms with Crippen LogP contribution >= 0.6 is 12.4 Å². The zero-order valence-corrected chi connectivity index (χ0v) is 16.0. The standard InChI is InChI=1S/C20H26N4O.ClH/c1-14-5-2-3-7-17(14)20-18-12-21-11-16(18)13-24(20)19(25)8-4-6-15-9-22-23-10-15;/h2-3,5,7,9-10,16,18,20-21H,4,6,8,11-13H2,1H3,(H,22,23);1H/t16-,18-,20+;/m0./s1. The first-order chi connectivity index (χ1) is 12.2. The van der Waals surface area contributed by atoms with Gasteiger partial charge in [0.1, 0.15) is 0 Å². The minimum Gasteiger partial charge on any atom is -0.335 e. The van der Waals surface area contributed by atoms with Crippen LogP contribution < -0.4 is 5.32 Å². The SMILES string of the molecule is Cc1ccccc1[C@@H]1[C@H]2CNC[C@H]2CN1C(=O)CCCc1cn[nH]c1.Cl. The number of aromatic nitrogens is 2. The zero-order valence-electron chi connectivity index (χ0n) is 15.1. The van der Waals surface area contributed by atoms with Gasteiger partial charge in [-0.3, -0.25) is 9.89 Å². The van der Waals surface area contributed by atoms with Crippen LogP contribution in [0.1, 0.15) is 35.6 Å². The van der Waals surface area contributed by atoms with Gasteiger partial charge in [0, 0.05) is 38.2 Å². The van der Waals surface area contributed by atoms with Crippen LogP contribution in [0, 0.1) is 18.8 Å². The highest BCUT2D eigenvalue weighted by atomic mass is 35.5. The second-order valence-corrected chi connectivity index (χ2v) is 7.39. The third-order valence-electron chi connectivity index (χ3n) is 5.80. The number of aromatic amines is 1. The molecule has 1 amide bonds. The molecule has 2 saturated heterocycles. The number of nitrogens with zero attached hydrogens (tertiary/aromatic N) is 2. The number of carbonyl (C=O) groups excluding carboxylic acids is 1. The number of hydrogen-bond donors (Lipinski definition) is 2. The molecule has 0 aliphatic carbocycles. The Bertz CT molecular complexity index is 733. The Balaban J connectivity index is 0.00000196. The van der Waals surface area contributed by atoms with Gasteiger partial charge in [0.25, 0.3) is 0 Å². The van der Waals surface area contributed by atoms with Crippen molar-refractivity contribution in [3.63, 3.8) is 0 Å². The Labute approximate surface area is 161 Å². The highest BCUT2D eigenvalue weighted by Gasteiger charge is 2.46. The van der Waals surface area contributed by atoms with Crippen LogP contribution in [0.25, 0.3) is 0 Å². The van der Waals surface area contributed by atoms with E-state index in [9.17, 15) is 4.79 Å². The Morgan fingerprint density at radius 1 is 1.31 bits per heavy atom. The van der Waals surface area contributed by atoms with E-state index in [1.807, 2.05) is 12.4 Å². The number of rotatable bonds is 5. The van der Waals surface area contributed by atoms with Crippen molar-refractivity contribution >= 4 is 18.3 Å². The summed E-state index contributed by atoms with van der Waals surface area (Å²) in [5.41, 5.74) is 3.78. The van der Waals surface area contributed by atoms with Crippen LogP contribution in [0.4, 0.5) is 0 Å². The van der Waals surface area contributed by atoms with E-state index in [0.29, 0.717) is 24.2 Å². The molecular formula is C20H27ClN4O. The van der Waals surface area contributed by atoms with Crippen LogP contribution in [0.2, 0.25) is 0 Å². The Hall–Kier alpha value is -1.85. The number of halogens is 1. The van der Waals surface area contributed by atoms with Gasteiger partial charge in [-0.05, 0) is 42.4 Å². The number of aryl methyl sites for hydroxylation is 2. The van der Waals surface area contributed by atoms with Gasteiger partial charge in [0.05, 0.1) is 12.2 Å². The summed E-state index contributed by atoms with van der Waals surface area (Å²) >= 11 is 0. The number of nitrogens with one attached hydrogen (secondary N) is 2. The van der Waals surface area contributed by atoms with Crippen molar-refractivity contribution in [3.8, 4) is 0 Å². The fraction of sp³-hybridized carbons (Fsp3) is 0.500. The zero-order chi connectivity index (χ0) is 17.2. The van der Waals surface area contributed by atoms with Gasteiger partial charge in [-0.1, -0.05) is 24.3 Å². The van der Waals surface area contributed by atoms with Gasteiger partial charge in [0.15, 0.2) is 0 Å². The molecule has 1 aromatic carbocycles. The molecule has 3 atom stereocenters.